The van der Waals surface area contributed by atoms with Crippen LogP contribution in [0.15, 0.2) is 0 Å². The SMILES string of the molecule is CCC1CN(CCC(=O)O)C(=O)C1CCC(C)=N. The molecule has 1 saturated heterocycles. The number of carbonyl (C=O) groups is 2. The highest BCUT2D eigenvalue weighted by Gasteiger charge is 2.38. The maximum Gasteiger partial charge on any atom is 0.305 e. The summed E-state index contributed by atoms with van der Waals surface area (Å²) >= 11 is 0. The summed E-state index contributed by atoms with van der Waals surface area (Å²) in [6.07, 6.45) is 2.31. The molecule has 1 aliphatic rings. The van der Waals surface area contributed by atoms with Crippen LogP contribution in [-0.4, -0.2) is 40.7 Å². The molecular formula is C13H22N2O3. The van der Waals surface area contributed by atoms with E-state index in [1.54, 1.807) is 11.8 Å². The van der Waals surface area contributed by atoms with E-state index >= 15 is 0 Å². The minimum Gasteiger partial charge on any atom is -0.481 e. The monoisotopic (exact) mass is 254 g/mol. The number of likely N-dealkylation sites (tertiary alicyclic amines) is 1. The number of carboxylic acids is 1. The second kappa shape index (κ2) is 6.52. The van der Waals surface area contributed by atoms with Crippen LogP contribution in [0, 0.1) is 17.2 Å². The summed E-state index contributed by atoms with van der Waals surface area (Å²) in [5.74, 6) is -0.506. The molecule has 0 saturated carbocycles. The predicted molar refractivity (Wildman–Crippen MR) is 68.7 cm³/mol. The van der Waals surface area contributed by atoms with Gasteiger partial charge in [0, 0.05) is 24.7 Å². The largest absolute Gasteiger partial charge is 0.481 e. The van der Waals surface area contributed by atoms with Crippen molar-refractivity contribution in [1.82, 2.24) is 4.90 Å². The van der Waals surface area contributed by atoms with Gasteiger partial charge < -0.3 is 15.4 Å². The summed E-state index contributed by atoms with van der Waals surface area (Å²) in [5, 5.41) is 16.1. The fourth-order valence-electron chi connectivity index (χ4n) is 2.51. The Balaban J connectivity index is 2.58. The Morgan fingerprint density at radius 2 is 2.17 bits per heavy atom. The van der Waals surface area contributed by atoms with Crippen molar-refractivity contribution >= 4 is 17.6 Å². The first kappa shape index (κ1) is 14.7. The summed E-state index contributed by atoms with van der Waals surface area (Å²) in [7, 11) is 0. The van der Waals surface area contributed by atoms with Crippen molar-refractivity contribution in [2.24, 2.45) is 11.8 Å². The zero-order chi connectivity index (χ0) is 13.7. The van der Waals surface area contributed by atoms with Gasteiger partial charge in [-0.25, -0.2) is 0 Å². The van der Waals surface area contributed by atoms with Crippen molar-refractivity contribution in [1.29, 1.82) is 5.41 Å². The van der Waals surface area contributed by atoms with E-state index in [9.17, 15) is 9.59 Å². The highest BCUT2D eigenvalue weighted by Crippen LogP contribution is 2.31. The van der Waals surface area contributed by atoms with Crippen LogP contribution in [0.2, 0.25) is 0 Å². The molecule has 5 heteroatoms. The van der Waals surface area contributed by atoms with E-state index < -0.39 is 5.97 Å². The summed E-state index contributed by atoms with van der Waals surface area (Å²) < 4.78 is 0. The molecule has 1 heterocycles. The lowest BCUT2D eigenvalue weighted by atomic mass is 9.88. The van der Waals surface area contributed by atoms with Crippen LogP contribution in [0.3, 0.4) is 0 Å². The summed E-state index contributed by atoms with van der Waals surface area (Å²) in [4.78, 5) is 24.4. The normalized spacial score (nSPS) is 23.4. The molecule has 1 rings (SSSR count). The van der Waals surface area contributed by atoms with Gasteiger partial charge in [0.2, 0.25) is 5.91 Å². The second-order valence-electron chi connectivity index (χ2n) is 5.02. The van der Waals surface area contributed by atoms with Crippen molar-refractivity contribution in [2.75, 3.05) is 13.1 Å². The maximum atomic E-state index is 12.2. The molecular weight excluding hydrogens is 232 g/mol. The smallest absolute Gasteiger partial charge is 0.305 e. The molecule has 102 valence electrons. The molecule has 0 aromatic heterocycles. The van der Waals surface area contributed by atoms with Crippen molar-refractivity contribution < 1.29 is 14.7 Å². The molecule has 0 aromatic rings. The summed E-state index contributed by atoms with van der Waals surface area (Å²) in [6.45, 7) is 4.79. The van der Waals surface area contributed by atoms with Gasteiger partial charge in [-0.1, -0.05) is 13.3 Å². The fraction of sp³-hybridized carbons (Fsp3) is 0.769. The standard InChI is InChI=1S/C13H22N2O3/c1-3-10-8-15(7-6-12(16)17)13(18)11(10)5-4-9(2)14/h10-11,14H,3-8H2,1-2H3,(H,16,17). The molecule has 5 nitrogen and oxygen atoms in total. The topological polar surface area (TPSA) is 81.5 Å². The van der Waals surface area contributed by atoms with Gasteiger partial charge >= 0.3 is 5.97 Å². The third kappa shape index (κ3) is 3.82. The van der Waals surface area contributed by atoms with E-state index in [0.29, 0.717) is 31.1 Å². The van der Waals surface area contributed by atoms with Crippen molar-refractivity contribution in [3.63, 3.8) is 0 Å². The lowest BCUT2D eigenvalue weighted by Crippen LogP contribution is -2.29. The minimum absolute atomic E-state index is 0.0124. The van der Waals surface area contributed by atoms with E-state index in [4.69, 9.17) is 10.5 Å². The molecule has 2 unspecified atom stereocenters. The quantitative estimate of drug-likeness (QED) is 0.679. The lowest BCUT2D eigenvalue weighted by molar-refractivity contribution is -0.138. The number of carbonyl (C=O) groups excluding carboxylic acids is 1. The van der Waals surface area contributed by atoms with Crippen LogP contribution in [0.25, 0.3) is 0 Å². The molecule has 1 fully saturated rings. The number of nitrogens with one attached hydrogen (secondary N) is 1. The number of carboxylic acid groups (broad SMARTS) is 1. The van der Waals surface area contributed by atoms with Crippen LogP contribution < -0.4 is 0 Å². The van der Waals surface area contributed by atoms with Gasteiger partial charge in [0.05, 0.1) is 6.42 Å². The van der Waals surface area contributed by atoms with Gasteiger partial charge in [0.1, 0.15) is 0 Å². The maximum absolute atomic E-state index is 12.2. The Morgan fingerprint density at radius 1 is 1.50 bits per heavy atom. The van der Waals surface area contributed by atoms with Crippen LogP contribution in [-0.2, 0) is 9.59 Å². The second-order valence-corrected chi connectivity index (χ2v) is 5.02. The van der Waals surface area contributed by atoms with Gasteiger partial charge in [0.25, 0.3) is 0 Å². The molecule has 2 N–H and O–H groups in total. The molecule has 1 aliphatic heterocycles. The van der Waals surface area contributed by atoms with Gasteiger partial charge in [0.15, 0.2) is 0 Å². The summed E-state index contributed by atoms with van der Waals surface area (Å²) in [6, 6.07) is 0. The van der Waals surface area contributed by atoms with E-state index in [0.717, 1.165) is 12.8 Å². The minimum atomic E-state index is -0.866. The van der Waals surface area contributed by atoms with Gasteiger partial charge in [-0.05, 0) is 25.7 Å². The first-order chi connectivity index (χ1) is 8.45. The molecule has 0 radical (unpaired) electrons. The fourth-order valence-corrected chi connectivity index (χ4v) is 2.51. The van der Waals surface area contributed by atoms with Gasteiger partial charge in [-0.15, -0.1) is 0 Å². The van der Waals surface area contributed by atoms with Crippen molar-refractivity contribution in [3.8, 4) is 0 Å². The molecule has 0 aromatic carbocycles. The van der Waals surface area contributed by atoms with E-state index in [-0.39, 0.29) is 18.2 Å². The average molecular weight is 254 g/mol. The Hall–Kier alpha value is -1.39. The Morgan fingerprint density at radius 3 is 2.67 bits per heavy atom. The van der Waals surface area contributed by atoms with Crippen molar-refractivity contribution in [2.45, 2.75) is 39.5 Å². The predicted octanol–water partition coefficient (Wildman–Crippen LogP) is 1.77. The van der Waals surface area contributed by atoms with Crippen LogP contribution in [0.5, 0.6) is 0 Å². The van der Waals surface area contributed by atoms with Gasteiger partial charge in [-0.3, -0.25) is 9.59 Å². The molecule has 1 amide bonds. The number of hydrogen-bond donors (Lipinski definition) is 2. The van der Waals surface area contributed by atoms with E-state index in [2.05, 4.69) is 6.92 Å². The van der Waals surface area contributed by atoms with Gasteiger partial charge in [-0.2, -0.15) is 0 Å². The first-order valence-corrected chi connectivity index (χ1v) is 6.50. The van der Waals surface area contributed by atoms with Crippen molar-refractivity contribution in [3.05, 3.63) is 0 Å². The third-order valence-electron chi connectivity index (χ3n) is 3.60. The Labute approximate surface area is 108 Å². The lowest BCUT2D eigenvalue weighted by Gasteiger charge is -2.15. The first-order valence-electron chi connectivity index (χ1n) is 6.50. The zero-order valence-corrected chi connectivity index (χ0v) is 11.1. The Kier molecular flexibility index (Phi) is 5.31. The number of rotatable bonds is 7. The summed E-state index contributed by atoms with van der Waals surface area (Å²) in [5.41, 5.74) is 0.599. The molecule has 0 spiro atoms. The molecule has 0 aliphatic carbocycles. The number of aliphatic carboxylic acids is 1. The number of amides is 1. The van der Waals surface area contributed by atoms with Crippen LogP contribution in [0.4, 0.5) is 0 Å². The third-order valence-corrected chi connectivity index (χ3v) is 3.60. The Bertz CT molecular complexity index is 341. The van der Waals surface area contributed by atoms with Crippen LogP contribution in [0.1, 0.15) is 39.5 Å². The zero-order valence-electron chi connectivity index (χ0n) is 11.1. The number of hydrogen-bond acceptors (Lipinski definition) is 3. The highest BCUT2D eigenvalue weighted by atomic mass is 16.4. The van der Waals surface area contributed by atoms with E-state index in [1.165, 1.54) is 0 Å². The highest BCUT2D eigenvalue weighted by molar-refractivity contribution is 5.83. The molecule has 18 heavy (non-hydrogen) atoms. The van der Waals surface area contributed by atoms with Crippen LogP contribution >= 0.6 is 0 Å². The molecule has 2 atom stereocenters. The van der Waals surface area contributed by atoms with E-state index in [1.807, 2.05) is 0 Å². The number of nitrogens with zero attached hydrogens (tertiary/aromatic N) is 1. The average Bonchev–Trinajstić information content (AvgIpc) is 2.60. The molecule has 0 bridgehead atoms.